The Hall–Kier alpha value is -3.42. The molecule has 0 aliphatic rings. The Morgan fingerprint density at radius 2 is 1.81 bits per heavy atom. The minimum absolute atomic E-state index is 0.0776. The van der Waals surface area contributed by atoms with Gasteiger partial charge in [0, 0.05) is 37.0 Å². The van der Waals surface area contributed by atoms with Gasteiger partial charge in [-0.2, -0.15) is 0 Å². The first-order valence-electron chi connectivity index (χ1n) is 7.77. The van der Waals surface area contributed by atoms with Crippen LogP contribution in [0.15, 0.2) is 42.5 Å². The number of nitrogens with one attached hydrogen (secondary N) is 1. The van der Waals surface area contributed by atoms with E-state index in [0.717, 1.165) is 0 Å². The Balaban J connectivity index is 2.02. The number of nitro benzene ring substituents is 1. The van der Waals surface area contributed by atoms with E-state index < -0.39 is 10.8 Å². The van der Waals surface area contributed by atoms with Crippen molar-refractivity contribution < 1.29 is 19.2 Å². The van der Waals surface area contributed by atoms with Crippen molar-refractivity contribution in [3.63, 3.8) is 0 Å². The van der Waals surface area contributed by atoms with E-state index in [0.29, 0.717) is 17.0 Å². The monoisotopic (exact) mass is 357 g/mol. The minimum Gasteiger partial charge on any atom is -0.484 e. The molecule has 8 nitrogen and oxygen atoms in total. The molecule has 2 amide bonds. The number of nitro groups is 1. The fraction of sp³-hybridized carbons (Fsp3) is 0.222. The molecule has 0 aliphatic carbocycles. The number of ether oxygens (including phenoxy) is 1. The molecule has 2 aromatic rings. The molecule has 0 spiro atoms. The summed E-state index contributed by atoms with van der Waals surface area (Å²) in [6.45, 7) is 1.53. The van der Waals surface area contributed by atoms with Gasteiger partial charge in [0.25, 0.3) is 17.5 Å². The van der Waals surface area contributed by atoms with Gasteiger partial charge in [0.05, 0.1) is 4.92 Å². The van der Waals surface area contributed by atoms with Crippen LogP contribution in [0.3, 0.4) is 0 Å². The molecule has 2 aromatic carbocycles. The maximum absolute atomic E-state index is 12.3. The molecule has 0 radical (unpaired) electrons. The van der Waals surface area contributed by atoms with Crippen molar-refractivity contribution in [2.45, 2.75) is 6.92 Å². The van der Waals surface area contributed by atoms with Crippen LogP contribution in [-0.4, -0.2) is 42.3 Å². The highest BCUT2D eigenvalue weighted by Gasteiger charge is 2.15. The molecule has 1 N–H and O–H groups in total. The standard InChI is InChI=1S/C18H19N3O5/c1-12-4-5-13(10-16(12)21(24)25)18(23)19-14-6-8-15(9-7-14)26-11-17(22)20(2)3/h4-10H,11H2,1-3H3,(H,19,23). The second kappa shape index (κ2) is 8.11. The van der Waals surface area contributed by atoms with Crippen molar-refractivity contribution in [2.75, 3.05) is 26.0 Å². The number of carbonyl (C=O) groups excluding carboxylic acids is 2. The van der Waals surface area contributed by atoms with Gasteiger partial charge in [-0.1, -0.05) is 6.07 Å². The Kier molecular flexibility index (Phi) is 5.90. The van der Waals surface area contributed by atoms with Gasteiger partial charge in [-0.05, 0) is 37.3 Å². The molecule has 136 valence electrons. The molecule has 0 atom stereocenters. The van der Waals surface area contributed by atoms with Crippen molar-refractivity contribution in [2.24, 2.45) is 0 Å². The van der Waals surface area contributed by atoms with E-state index in [9.17, 15) is 19.7 Å². The van der Waals surface area contributed by atoms with E-state index in [2.05, 4.69) is 5.32 Å². The first kappa shape index (κ1) is 18.9. The highest BCUT2D eigenvalue weighted by Crippen LogP contribution is 2.21. The van der Waals surface area contributed by atoms with Gasteiger partial charge in [-0.15, -0.1) is 0 Å². The van der Waals surface area contributed by atoms with Crippen molar-refractivity contribution in [3.8, 4) is 5.75 Å². The molecule has 0 bridgehead atoms. The molecule has 0 aromatic heterocycles. The number of likely N-dealkylation sites (N-methyl/N-ethyl adjacent to an activating group) is 1. The molecular weight excluding hydrogens is 338 g/mol. The summed E-state index contributed by atoms with van der Waals surface area (Å²) in [7, 11) is 3.28. The van der Waals surface area contributed by atoms with Gasteiger partial charge in [0.15, 0.2) is 6.61 Å². The lowest BCUT2D eigenvalue weighted by molar-refractivity contribution is -0.385. The summed E-state index contributed by atoms with van der Waals surface area (Å²) in [5.74, 6) is -0.128. The Morgan fingerprint density at radius 1 is 1.15 bits per heavy atom. The maximum atomic E-state index is 12.3. The molecule has 2 rings (SSSR count). The lowest BCUT2D eigenvalue weighted by atomic mass is 10.1. The first-order valence-corrected chi connectivity index (χ1v) is 7.77. The van der Waals surface area contributed by atoms with Crippen LogP contribution in [0, 0.1) is 17.0 Å². The van der Waals surface area contributed by atoms with E-state index in [1.807, 2.05) is 0 Å². The number of rotatable bonds is 6. The summed E-state index contributed by atoms with van der Waals surface area (Å²) in [5.41, 5.74) is 1.08. The van der Waals surface area contributed by atoms with Crippen LogP contribution in [0.2, 0.25) is 0 Å². The van der Waals surface area contributed by atoms with Crippen LogP contribution in [-0.2, 0) is 4.79 Å². The second-order valence-corrected chi connectivity index (χ2v) is 5.81. The number of aryl methyl sites for hydroxylation is 1. The average Bonchev–Trinajstić information content (AvgIpc) is 2.60. The van der Waals surface area contributed by atoms with Crippen LogP contribution in [0.4, 0.5) is 11.4 Å². The molecule has 0 fully saturated rings. The fourth-order valence-corrected chi connectivity index (χ4v) is 2.06. The van der Waals surface area contributed by atoms with Gasteiger partial charge >= 0.3 is 0 Å². The summed E-state index contributed by atoms with van der Waals surface area (Å²) >= 11 is 0. The van der Waals surface area contributed by atoms with E-state index in [1.54, 1.807) is 45.3 Å². The van der Waals surface area contributed by atoms with Gasteiger partial charge in [-0.3, -0.25) is 19.7 Å². The van der Waals surface area contributed by atoms with Crippen LogP contribution >= 0.6 is 0 Å². The van der Waals surface area contributed by atoms with Crippen LogP contribution in [0.25, 0.3) is 0 Å². The number of hydrogen-bond donors (Lipinski definition) is 1. The summed E-state index contributed by atoms with van der Waals surface area (Å²) in [6, 6.07) is 10.8. The predicted octanol–water partition coefficient (Wildman–Crippen LogP) is 2.62. The number of anilines is 1. The lowest BCUT2D eigenvalue weighted by Gasteiger charge is -2.12. The topological polar surface area (TPSA) is 102 Å². The van der Waals surface area contributed by atoms with E-state index in [-0.39, 0.29) is 23.8 Å². The average molecular weight is 357 g/mol. The quantitative estimate of drug-likeness (QED) is 0.632. The zero-order valence-corrected chi connectivity index (χ0v) is 14.7. The zero-order valence-electron chi connectivity index (χ0n) is 14.7. The molecule has 0 saturated carbocycles. The van der Waals surface area contributed by atoms with E-state index >= 15 is 0 Å². The molecular formula is C18H19N3O5. The van der Waals surface area contributed by atoms with Gasteiger partial charge in [-0.25, -0.2) is 0 Å². The van der Waals surface area contributed by atoms with Crippen molar-refractivity contribution >= 4 is 23.2 Å². The van der Waals surface area contributed by atoms with Crippen molar-refractivity contribution in [3.05, 3.63) is 63.7 Å². The van der Waals surface area contributed by atoms with Gasteiger partial charge < -0.3 is 15.0 Å². The molecule has 0 saturated heterocycles. The van der Waals surface area contributed by atoms with E-state index in [4.69, 9.17) is 4.74 Å². The highest BCUT2D eigenvalue weighted by atomic mass is 16.6. The highest BCUT2D eigenvalue weighted by molar-refractivity contribution is 6.04. The Morgan fingerprint density at radius 3 is 2.38 bits per heavy atom. The molecule has 0 aliphatic heterocycles. The third-order valence-corrected chi connectivity index (χ3v) is 3.64. The van der Waals surface area contributed by atoms with Crippen LogP contribution in [0.1, 0.15) is 15.9 Å². The number of carbonyl (C=O) groups is 2. The maximum Gasteiger partial charge on any atom is 0.273 e. The van der Waals surface area contributed by atoms with Gasteiger partial charge in [0.1, 0.15) is 5.75 Å². The SMILES string of the molecule is Cc1ccc(C(=O)Nc2ccc(OCC(=O)N(C)C)cc2)cc1[N+](=O)[O-]. The molecule has 8 heteroatoms. The Bertz CT molecular complexity index is 831. The first-order chi connectivity index (χ1) is 12.3. The number of benzene rings is 2. The summed E-state index contributed by atoms with van der Waals surface area (Å²) in [5, 5.41) is 13.6. The normalized spacial score (nSPS) is 10.1. The summed E-state index contributed by atoms with van der Waals surface area (Å²) in [4.78, 5) is 35.6. The minimum atomic E-state index is -0.521. The number of hydrogen-bond acceptors (Lipinski definition) is 5. The predicted molar refractivity (Wildman–Crippen MR) is 96.4 cm³/mol. The lowest BCUT2D eigenvalue weighted by Crippen LogP contribution is -2.27. The fourth-order valence-electron chi connectivity index (χ4n) is 2.06. The third-order valence-electron chi connectivity index (χ3n) is 3.64. The second-order valence-electron chi connectivity index (χ2n) is 5.81. The van der Waals surface area contributed by atoms with Crippen LogP contribution in [0.5, 0.6) is 5.75 Å². The zero-order chi connectivity index (χ0) is 19.3. The molecule has 0 heterocycles. The van der Waals surface area contributed by atoms with Crippen molar-refractivity contribution in [1.82, 2.24) is 4.90 Å². The number of amides is 2. The van der Waals surface area contributed by atoms with Crippen molar-refractivity contribution in [1.29, 1.82) is 0 Å². The third kappa shape index (κ3) is 4.79. The Labute approximate surface area is 150 Å². The van der Waals surface area contributed by atoms with Crippen LogP contribution < -0.4 is 10.1 Å². The smallest absolute Gasteiger partial charge is 0.273 e. The van der Waals surface area contributed by atoms with E-state index in [1.165, 1.54) is 23.1 Å². The summed E-state index contributed by atoms with van der Waals surface area (Å²) < 4.78 is 5.35. The number of nitrogens with zero attached hydrogens (tertiary/aromatic N) is 2. The van der Waals surface area contributed by atoms with Gasteiger partial charge in [0.2, 0.25) is 0 Å². The molecule has 0 unspecified atom stereocenters. The largest absolute Gasteiger partial charge is 0.484 e. The molecule has 26 heavy (non-hydrogen) atoms. The summed E-state index contributed by atoms with van der Waals surface area (Å²) in [6.07, 6.45) is 0.